The lowest BCUT2D eigenvalue weighted by Crippen LogP contribution is -2.23. The van der Waals surface area contributed by atoms with Crippen LogP contribution in [0.3, 0.4) is 0 Å². The molecule has 1 aromatic rings. The van der Waals surface area contributed by atoms with Crippen molar-refractivity contribution in [2.45, 2.75) is 65.0 Å². The van der Waals surface area contributed by atoms with E-state index in [1.54, 1.807) is 0 Å². The maximum atomic E-state index is 6.19. The van der Waals surface area contributed by atoms with E-state index in [4.69, 9.17) is 4.74 Å². The van der Waals surface area contributed by atoms with Gasteiger partial charge in [0, 0.05) is 6.04 Å². The van der Waals surface area contributed by atoms with E-state index >= 15 is 0 Å². The predicted molar refractivity (Wildman–Crippen MR) is 85.2 cm³/mol. The molecule has 0 saturated heterocycles. The van der Waals surface area contributed by atoms with E-state index in [9.17, 15) is 0 Å². The molecule has 1 aliphatic carbocycles. The third-order valence-electron chi connectivity index (χ3n) is 4.38. The Labute approximate surface area is 123 Å². The summed E-state index contributed by atoms with van der Waals surface area (Å²) in [5.41, 5.74) is 1.34. The van der Waals surface area contributed by atoms with E-state index in [-0.39, 0.29) is 0 Å². The fourth-order valence-electron chi connectivity index (χ4n) is 3.09. The fraction of sp³-hybridized carbons (Fsp3) is 0.667. The molecule has 0 spiro atoms. The summed E-state index contributed by atoms with van der Waals surface area (Å²) in [5, 5.41) is 3.53. The van der Waals surface area contributed by atoms with Gasteiger partial charge in [-0.15, -0.1) is 0 Å². The summed E-state index contributed by atoms with van der Waals surface area (Å²) in [4.78, 5) is 0. The van der Waals surface area contributed by atoms with E-state index in [1.165, 1.54) is 31.2 Å². The molecule has 0 heterocycles. The molecule has 1 N–H and O–H groups in total. The first-order chi connectivity index (χ1) is 9.72. The first kappa shape index (κ1) is 15.4. The summed E-state index contributed by atoms with van der Waals surface area (Å²) in [6, 6.07) is 9.08. The van der Waals surface area contributed by atoms with Crippen LogP contribution in [0, 0.1) is 5.92 Å². The Morgan fingerprint density at radius 1 is 1.20 bits per heavy atom. The molecule has 2 heteroatoms. The molecule has 0 amide bonds. The summed E-state index contributed by atoms with van der Waals surface area (Å²) < 4.78 is 6.19. The van der Waals surface area contributed by atoms with Gasteiger partial charge in [-0.05, 0) is 62.3 Å². The maximum Gasteiger partial charge on any atom is 0.120 e. The monoisotopic (exact) mass is 275 g/mol. The highest BCUT2D eigenvalue weighted by Gasteiger charge is 2.19. The second-order valence-corrected chi connectivity index (χ2v) is 6.09. The number of nitrogens with one attached hydrogen (secondary N) is 1. The highest BCUT2D eigenvalue weighted by molar-refractivity contribution is 5.30. The van der Waals surface area contributed by atoms with Crippen LogP contribution in [0.25, 0.3) is 0 Å². The van der Waals surface area contributed by atoms with Gasteiger partial charge in [-0.3, -0.25) is 0 Å². The zero-order valence-electron chi connectivity index (χ0n) is 13.2. The van der Waals surface area contributed by atoms with Crippen LogP contribution in [-0.2, 0) is 0 Å². The lowest BCUT2D eigenvalue weighted by Gasteiger charge is -2.27. The Hall–Kier alpha value is -1.02. The SMILES string of the molecule is CCNC(CC)c1cccc(OC2CCC(C)CC2)c1. The second-order valence-electron chi connectivity index (χ2n) is 6.09. The fourth-order valence-corrected chi connectivity index (χ4v) is 3.09. The van der Waals surface area contributed by atoms with Gasteiger partial charge >= 0.3 is 0 Å². The smallest absolute Gasteiger partial charge is 0.120 e. The third-order valence-corrected chi connectivity index (χ3v) is 4.38. The van der Waals surface area contributed by atoms with Crippen LogP contribution in [-0.4, -0.2) is 12.6 Å². The molecule has 112 valence electrons. The van der Waals surface area contributed by atoms with E-state index in [0.29, 0.717) is 12.1 Å². The van der Waals surface area contributed by atoms with Gasteiger partial charge < -0.3 is 10.1 Å². The van der Waals surface area contributed by atoms with Gasteiger partial charge in [-0.2, -0.15) is 0 Å². The minimum atomic E-state index is 0.417. The topological polar surface area (TPSA) is 21.3 Å². The molecule has 1 aliphatic rings. The standard InChI is InChI=1S/C18H29NO/c1-4-18(19-5-2)15-7-6-8-17(13-15)20-16-11-9-14(3)10-12-16/h6-8,13-14,16,18-19H,4-5,9-12H2,1-3H3. The highest BCUT2D eigenvalue weighted by Crippen LogP contribution is 2.28. The first-order valence-corrected chi connectivity index (χ1v) is 8.22. The molecule has 0 aliphatic heterocycles. The molecule has 0 aromatic heterocycles. The van der Waals surface area contributed by atoms with E-state index in [1.807, 2.05) is 0 Å². The predicted octanol–water partition coefficient (Wildman–Crippen LogP) is 4.70. The zero-order chi connectivity index (χ0) is 14.4. The van der Waals surface area contributed by atoms with Crippen LogP contribution < -0.4 is 10.1 Å². The van der Waals surface area contributed by atoms with Crippen LogP contribution in [0.4, 0.5) is 0 Å². The van der Waals surface area contributed by atoms with Crippen molar-refractivity contribution in [1.29, 1.82) is 0 Å². The molecular formula is C18H29NO. The molecule has 1 fully saturated rings. The Kier molecular flexibility index (Phi) is 5.90. The summed E-state index contributed by atoms with van der Waals surface area (Å²) in [5.74, 6) is 1.91. The number of hydrogen-bond donors (Lipinski definition) is 1. The van der Waals surface area contributed by atoms with E-state index < -0.39 is 0 Å². The van der Waals surface area contributed by atoms with Crippen molar-refractivity contribution in [1.82, 2.24) is 5.32 Å². The molecule has 20 heavy (non-hydrogen) atoms. The Balaban J connectivity index is 1.98. The summed E-state index contributed by atoms with van der Waals surface area (Å²) in [7, 11) is 0. The van der Waals surface area contributed by atoms with Crippen molar-refractivity contribution < 1.29 is 4.74 Å². The van der Waals surface area contributed by atoms with Gasteiger partial charge in [0.15, 0.2) is 0 Å². The van der Waals surface area contributed by atoms with Crippen LogP contribution in [0.15, 0.2) is 24.3 Å². The molecule has 0 radical (unpaired) electrons. The van der Waals surface area contributed by atoms with E-state index in [0.717, 1.165) is 24.6 Å². The van der Waals surface area contributed by atoms with Gasteiger partial charge in [-0.1, -0.05) is 32.9 Å². The van der Waals surface area contributed by atoms with Crippen LogP contribution in [0.2, 0.25) is 0 Å². The minimum Gasteiger partial charge on any atom is -0.490 e. The quantitative estimate of drug-likeness (QED) is 0.812. The molecule has 0 bridgehead atoms. The number of benzene rings is 1. The second kappa shape index (κ2) is 7.68. The van der Waals surface area contributed by atoms with Crippen molar-refractivity contribution in [3.8, 4) is 5.75 Å². The van der Waals surface area contributed by atoms with Gasteiger partial charge in [-0.25, -0.2) is 0 Å². The Morgan fingerprint density at radius 2 is 1.95 bits per heavy atom. The van der Waals surface area contributed by atoms with Crippen molar-refractivity contribution in [2.75, 3.05) is 6.54 Å². The molecule has 1 saturated carbocycles. The molecular weight excluding hydrogens is 246 g/mol. The maximum absolute atomic E-state index is 6.19. The summed E-state index contributed by atoms with van der Waals surface area (Å²) >= 11 is 0. The Bertz CT molecular complexity index is 396. The largest absolute Gasteiger partial charge is 0.490 e. The molecule has 1 atom stereocenters. The lowest BCUT2D eigenvalue weighted by molar-refractivity contribution is 0.135. The highest BCUT2D eigenvalue weighted by atomic mass is 16.5. The lowest BCUT2D eigenvalue weighted by atomic mass is 9.89. The van der Waals surface area contributed by atoms with Gasteiger partial charge in [0.05, 0.1) is 6.10 Å². The average Bonchev–Trinajstić information content (AvgIpc) is 2.47. The normalized spacial score (nSPS) is 24.4. The van der Waals surface area contributed by atoms with Gasteiger partial charge in [0.2, 0.25) is 0 Å². The van der Waals surface area contributed by atoms with Crippen LogP contribution in [0.1, 0.15) is 64.5 Å². The average molecular weight is 275 g/mol. The van der Waals surface area contributed by atoms with Crippen LogP contribution >= 0.6 is 0 Å². The summed E-state index contributed by atoms with van der Waals surface area (Å²) in [6.45, 7) is 7.73. The molecule has 2 rings (SSSR count). The summed E-state index contributed by atoms with van der Waals surface area (Å²) in [6.07, 6.45) is 6.54. The Morgan fingerprint density at radius 3 is 2.60 bits per heavy atom. The van der Waals surface area contributed by atoms with Crippen LogP contribution in [0.5, 0.6) is 5.75 Å². The zero-order valence-corrected chi connectivity index (χ0v) is 13.2. The van der Waals surface area contributed by atoms with Gasteiger partial charge in [0.25, 0.3) is 0 Å². The van der Waals surface area contributed by atoms with Crippen molar-refractivity contribution in [2.24, 2.45) is 5.92 Å². The number of ether oxygens (including phenoxy) is 1. The molecule has 1 unspecified atom stereocenters. The van der Waals surface area contributed by atoms with Gasteiger partial charge in [0.1, 0.15) is 5.75 Å². The van der Waals surface area contributed by atoms with Crippen molar-refractivity contribution in [3.63, 3.8) is 0 Å². The third kappa shape index (κ3) is 4.24. The van der Waals surface area contributed by atoms with Crippen molar-refractivity contribution >= 4 is 0 Å². The first-order valence-electron chi connectivity index (χ1n) is 8.22. The van der Waals surface area contributed by atoms with E-state index in [2.05, 4.69) is 50.4 Å². The minimum absolute atomic E-state index is 0.417. The number of hydrogen-bond acceptors (Lipinski definition) is 2. The van der Waals surface area contributed by atoms with Crippen molar-refractivity contribution in [3.05, 3.63) is 29.8 Å². The number of rotatable bonds is 6. The molecule has 2 nitrogen and oxygen atoms in total. The molecule has 1 aromatic carbocycles.